The van der Waals surface area contributed by atoms with Crippen molar-refractivity contribution in [1.82, 2.24) is 19.5 Å². The van der Waals surface area contributed by atoms with Crippen LogP contribution < -0.4 is 11.3 Å². The van der Waals surface area contributed by atoms with E-state index in [0.717, 1.165) is 5.57 Å². The van der Waals surface area contributed by atoms with Gasteiger partial charge in [-0.15, -0.1) is 0 Å². The summed E-state index contributed by atoms with van der Waals surface area (Å²) in [5.74, 6) is -0.119. The molecule has 0 radical (unpaired) electrons. The minimum absolute atomic E-state index is 0.0304. The van der Waals surface area contributed by atoms with E-state index >= 15 is 0 Å². The third-order valence-electron chi connectivity index (χ3n) is 6.04. The summed E-state index contributed by atoms with van der Waals surface area (Å²) < 4.78 is 8.42. The lowest BCUT2D eigenvalue weighted by atomic mass is 10.0. The number of fused-ring (bicyclic) bond motifs is 1. The number of nitrogens with zero attached hydrogens (tertiary/aromatic N) is 3. The van der Waals surface area contributed by atoms with Crippen LogP contribution in [-0.4, -0.2) is 45.7 Å². The van der Waals surface area contributed by atoms with Gasteiger partial charge in [0.05, 0.1) is 25.1 Å². The van der Waals surface area contributed by atoms with Crippen LogP contribution in [0.4, 0.5) is 5.95 Å². The fourth-order valence-corrected chi connectivity index (χ4v) is 4.78. The molecule has 0 unspecified atom stereocenters. The first-order valence-electron chi connectivity index (χ1n) is 9.16. The number of nitrogen functional groups attached to an aromatic ring is 1. The summed E-state index contributed by atoms with van der Waals surface area (Å²) in [5, 5.41) is 10.0. The second kappa shape index (κ2) is 6.57. The minimum Gasteiger partial charge on any atom is -0.413 e. The van der Waals surface area contributed by atoms with E-state index in [1.54, 1.807) is 6.33 Å². The Morgan fingerprint density at radius 2 is 2.15 bits per heavy atom. The highest BCUT2D eigenvalue weighted by Gasteiger charge is 2.46. The quantitative estimate of drug-likeness (QED) is 0.543. The first kappa shape index (κ1) is 19.8. The molecule has 0 aliphatic heterocycles. The van der Waals surface area contributed by atoms with E-state index in [4.69, 9.17) is 10.2 Å². The molecule has 1 aliphatic rings. The first-order valence-corrected chi connectivity index (χ1v) is 12.1. The maximum absolute atomic E-state index is 12.1. The highest BCUT2D eigenvalue weighted by molar-refractivity contribution is 6.74. The Labute approximate surface area is 159 Å². The molecule has 8 nitrogen and oxygen atoms in total. The van der Waals surface area contributed by atoms with E-state index < -0.39 is 8.32 Å². The summed E-state index contributed by atoms with van der Waals surface area (Å²) in [4.78, 5) is 23.0. The van der Waals surface area contributed by atoms with Gasteiger partial charge in [0.15, 0.2) is 19.5 Å². The van der Waals surface area contributed by atoms with Crippen LogP contribution >= 0.6 is 0 Å². The van der Waals surface area contributed by atoms with Crippen molar-refractivity contribution in [2.75, 3.05) is 12.3 Å². The third-order valence-corrected chi connectivity index (χ3v) is 10.5. The number of aliphatic hydroxyl groups is 1. The number of aromatic nitrogens is 4. The molecule has 2 aromatic heterocycles. The molecule has 2 heterocycles. The molecule has 1 fully saturated rings. The van der Waals surface area contributed by atoms with Crippen LogP contribution in [0.2, 0.25) is 18.1 Å². The summed E-state index contributed by atoms with van der Waals surface area (Å²) >= 11 is 0. The van der Waals surface area contributed by atoms with Gasteiger partial charge >= 0.3 is 0 Å². The summed E-state index contributed by atoms with van der Waals surface area (Å²) in [7, 11) is -2.01. The molecule has 1 saturated carbocycles. The van der Waals surface area contributed by atoms with Gasteiger partial charge < -0.3 is 19.8 Å². The summed E-state index contributed by atoms with van der Waals surface area (Å²) in [5.41, 5.74) is 6.87. The van der Waals surface area contributed by atoms with Crippen LogP contribution in [0.3, 0.4) is 0 Å². The Bertz CT molecular complexity index is 927. The Hall–Kier alpha value is -1.97. The normalized spacial score (nSPS) is 24.1. The lowest BCUT2D eigenvalue weighted by Gasteiger charge is -2.39. The fourth-order valence-electron chi connectivity index (χ4n) is 3.41. The third kappa shape index (κ3) is 3.35. The van der Waals surface area contributed by atoms with Crippen LogP contribution in [0.5, 0.6) is 0 Å². The molecule has 0 saturated heterocycles. The SMILES string of the molecule is C=C1[C@H](CO)[C@@H](O[Si](C)(C)C(C)(C)C)C[C@@H]1n1cnc2c(=O)[nH]c(N)nc21. The van der Waals surface area contributed by atoms with Gasteiger partial charge in [0.1, 0.15) is 0 Å². The predicted octanol–water partition coefficient (Wildman–Crippen LogP) is 2.20. The van der Waals surface area contributed by atoms with E-state index in [2.05, 4.69) is 55.4 Å². The Morgan fingerprint density at radius 3 is 2.74 bits per heavy atom. The number of anilines is 1. The number of imidazole rings is 1. The van der Waals surface area contributed by atoms with E-state index in [0.29, 0.717) is 12.1 Å². The highest BCUT2D eigenvalue weighted by atomic mass is 28.4. The topological polar surface area (TPSA) is 119 Å². The lowest BCUT2D eigenvalue weighted by Crippen LogP contribution is -2.45. The first-order chi connectivity index (χ1) is 12.5. The molecule has 148 valence electrons. The molecular formula is C18H29N5O3Si. The van der Waals surface area contributed by atoms with Gasteiger partial charge in [-0.05, 0) is 30.1 Å². The van der Waals surface area contributed by atoms with Crippen molar-refractivity contribution in [2.24, 2.45) is 5.92 Å². The minimum atomic E-state index is -2.01. The van der Waals surface area contributed by atoms with Crippen LogP contribution in [-0.2, 0) is 4.43 Å². The number of nitrogens with one attached hydrogen (secondary N) is 1. The van der Waals surface area contributed by atoms with Gasteiger partial charge in [-0.25, -0.2) is 4.98 Å². The molecule has 0 amide bonds. The van der Waals surface area contributed by atoms with Crippen molar-refractivity contribution in [2.45, 2.75) is 57.5 Å². The van der Waals surface area contributed by atoms with Crippen molar-refractivity contribution >= 4 is 25.4 Å². The van der Waals surface area contributed by atoms with Crippen LogP contribution in [0.1, 0.15) is 33.2 Å². The number of aromatic amines is 1. The molecule has 0 bridgehead atoms. The molecule has 27 heavy (non-hydrogen) atoms. The van der Waals surface area contributed by atoms with Gasteiger partial charge in [-0.1, -0.05) is 27.4 Å². The molecule has 9 heteroatoms. The Morgan fingerprint density at radius 1 is 1.48 bits per heavy atom. The Balaban J connectivity index is 1.97. The van der Waals surface area contributed by atoms with Crippen molar-refractivity contribution in [1.29, 1.82) is 0 Å². The van der Waals surface area contributed by atoms with Gasteiger partial charge in [0.25, 0.3) is 5.56 Å². The molecule has 3 rings (SSSR count). The average Bonchev–Trinajstić information content (AvgIpc) is 3.07. The van der Waals surface area contributed by atoms with Gasteiger partial charge in [0, 0.05) is 5.92 Å². The number of hydrogen-bond donors (Lipinski definition) is 3. The van der Waals surface area contributed by atoms with Crippen LogP contribution in [0.15, 0.2) is 23.3 Å². The number of H-pyrrole nitrogens is 1. The molecular weight excluding hydrogens is 362 g/mol. The largest absolute Gasteiger partial charge is 0.413 e. The maximum Gasteiger partial charge on any atom is 0.280 e. The summed E-state index contributed by atoms with van der Waals surface area (Å²) in [6.45, 7) is 15.2. The zero-order chi connectivity index (χ0) is 20.1. The Kier molecular flexibility index (Phi) is 4.81. The second-order valence-corrected chi connectivity index (χ2v) is 13.6. The monoisotopic (exact) mass is 391 g/mol. The van der Waals surface area contributed by atoms with Crippen molar-refractivity contribution in [3.05, 3.63) is 28.8 Å². The van der Waals surface area contributed by atoms with Crippen molar-refractivity contribution < 1.29 is 9.53 Å². The zero-order valence-electron chi connectivity index (χ0n) is 16.6. The van der Waals surface area contributed by atoms with E-state index in [1.165, 1.54) is 0 Å². The summed E-state index contributed by atoms with van der Waals surface area (Å²) in [6.07, 6.45) is 2.10. The van der Waals surface area contributed by atoms with E-state index in [9.17, 15) is 9.90 Å². The van der Waals surface area contributed by atoms with E-state index in [1.807, 2.05) is 4.57 Å². The van der Waals surface area contributed by atoms with Gasteiger partial charge in [-0.2, -0.15) is 4.98 Å². The average molecular weight is 392 g/mol. The molecule has 2 aromatic rings. The smallest absolute Gasteiger partial charge is 0.280 e. The predicted molar refractivity (Wildman–Crippen MR) is 108 cm³/mol. The number of hydrogen-bond acceptors (Lipinski definition) is 6. The second-order valence-electron chi connectivity index (χ2n) is 8.81. The molecule has 0 spiro atoms. The highest BCUT2D eigenvalue weighted by Crippen LogP contribution is 2.45. The fraction of sp³-hybridized carbons (Fsp3) is 0.611. The van der Waals surface area contributed by atoms with Crippen molar-refractivity contribution in [3.63, 3.8) is 0 Å². The number of rotatable bonds is 4. The standard InChI is InChI=1S/C18H29N5O3Si/c1-10-11(8-24)13(26-27(5,6)18(2,3)4)7-12(10)23-9-20-14-15(23)21-17(19)22-16(14)25/h9,11-13,24H,1,7-8H2,2-6H3,(H3,19,21,22,25)/t11-,12-,13-/m0/s1. The van der Waals surface area contributed by atoms with E-state index in [-0.39, 0.29) is 46.7 Å². The van der Waals surface area contributed by atoms with Gasteiger partial charge in [-0.3, -0.25) is 9.78 Å². The number of nitrogens with two attached hydrogens (primary N) is 1. The maximum atomic E-state index is 12.1. The zero-order valence-corrected chi connectivity index (χ0v) is 17.6. The van der Waals surface area contributed by atoms with Crippen LogP contribution in [0.25, 0.3) is 11.2 Å². The molecule has 0 aromatic carbocycles. The summed E-state index contributed by atoms with van der Waals surface area (Å²) in [6, 6.07) is -0.157. The molecule has 4 N–H and O–H groups in total. The number of aliphatic hydroxyl groups excluding tert-OH is 1. The van der Waals surface area contributed by atoms with Crippen molar-refractivity contribution in [3.8, 4) is 0 Å². The van der Waals surface area contributed by atoms with Gasteiger partial charge in [0.2, 0.25) is 5.95 Å². The van der Waals surface area contributed by atoms with Crippen LogP contribution in [0, 0.1) is 5.92 Å². The lowest BCUT2D eigenvalue weighted by molar-refractivity contribution is 0.109. The molecule has 1 aliphatic carbocycles. The molecule has 3 atom stereocenters.